The first-order valence-corrected chi connectivity index (χ1v) is 6.31. The van der Waals surface area contributed by atoms with Crippen molar-refractivity contribution in [3.63, 3.8) is 0 Å². The number of phosphoric acid groups is 1. The average Bonchev–Trinajstić information content (AvgIpc) is 2.57. The molecule has 0 saturated carbocycles. The van der Waals surface area contributed by atoms with E-state index in [-0.39, 0.29) is 0 Å². The van der Waals surface area contributed by atoms with Crippen LogP contribution in [0.3, 0.4) is 0 Å². The summed E-state index contributed by atoms with van der Waals surface area (Å²) in [6.07, 6.45) is 1.08. The maximum Gasteiger partial charge on any atom is 0.466 e. The van der Waals surface area contributed by atoms with Crippen molar-refractivity contribution in [3.05, 3.63) is 36.0 Å². The molecule has 0 bridgehead atoms. The molecule has 0 unspecified atom stereocenters. The number of hydrogen-bond acceptors (Lipinski definition) is 1. The van der Waals surface area contributed by atoms with Crippen LogP contribution in [0.2, 0.25) is 0 Å². The van der Waals surface area contributed by atoms with Crippen LogP contribution in [-0.4, -0.2) is 19.7 Å². The van der Waals surface area contributed by atoms with Crippen LogP contribution in [-0.2, 0) is 11.0 Å². The highest BCUT2D eigenvalue weighted by molar-refractivity contribution is 7.45. The van der Waals surface area contributed by atoms with Gasteiger partial charge in [0.25, 0.3) is 0 Å². The highest BCUT2D eigenvalue weighted by Crippen LogP contribution is 2.25. The summed E-state index contributed by atoms with van der Waals surface area (Å²) in [5, 5.41) is 1.31. The van der Waals surface area contributed by atoms with Crippen LogP contribution in [0.25, 0.3) is 10.9 Å². The zero-order valence-electron chi connectivity index (χ0n) is 8.79. The van der Waals surface area contributed by atoms with Crippen LogP contribution in [0, 0.1) is 0 Å². The van der Waals surface area contributed by atoms with Gasteiger partial charge in [-0.05, 0) is 23.9 Å². The van der Waals surface area contributed by atoms with Gasteiger partial charge in [-0.3, -0.25) is 0 Å². The molecule has 5 nitrogen and oxygen atoms in total. The molecule has 88 valence electrons. The fourth-order valence-electron chi connectivity index (χ4n) is 1.32. The fraction of sp³-hybridized carbons (Fsp3) is 0.200. The average molecular weight is 243 g/mol. The molecule has 6 heteroatoms. The van der Waals surface area contributed by atoms with Crippen molar-refractivity contribution in [2.24, 2.45) is 0 Å². The number of para-hydroxylation sites is 1. The Morgan fingerprint density at radius 2 is 1.81 bits per heavy atom. The second-order valence-corrected chi connectivity index (χ2v) is 4.28. The highest BCUT2D eigenvalue weighted by atomic mass is 31.2. The van der Waals surface area contributed by atoms with Gasteiger partial charge in [0, 0.05) is 11.2 Å². The van der Waals surface area contributed by atoms with E-state index in [2.05, 4.69) is 42.2 Å². The summed E-state index contributed by atoms with van der Waals surface area (Å²) in [4.78, 5) is 24.9. The Balaban J connectivity index is 0.000000221. The molecule has 0 aliphatic heterocycles. The molecule has 1 aromatic carbocycles. The summed E-state index contributed by atoms with van der Waals surface area (Å²) in [5.41, 5.74) is 2.55. The van der Waals surface area contributed by atoms with E-state index in [1.807, 2.05) is 0 Å². The van der Waals surface area contributed by atoms with E-state index in [0.717, 1.165) is 6.42 Å². The lowest BCUT2D eigenvalue weighted by molar-refractivity contribution is 0.275. The minimum absolute atomic E-state index is 1.08. The quantitative estimate of drug-likeness (QED) is 0.574. The third-order valence-electron chi connectivity index (χ3n) is 1.97. The maximum absolute atomic E-state index is 8.88. The molecule has 0 saturated heterocycles. The van der Waals surface area contributed by atoms with Crippen LogP contribution < -0.4 is 0 Å². The monoisotopic (exact) mass is 243 g/mol. The molecule has 0 aliphatic rings. The lowest BCUT2D eigenvalue weighted by atomic mass is 10.2. The van der Waals surface area contributed by atoms with Crippen LogP contribution >= 0.6 is 7.82 Å². The third-order valence-corrected chi connectivity index (χ3v) is 1.97. The van der Waals surface area contributed by atoms with E-state index in [1.165, 1.54) is 16.6 Å². The summed E-state index contributed by atoms with van der Waals surface area (Å²) in [6.45, 7) is 2.16. The summed E-state index contributed by atoms with van der Waals surface area (Å²) < 4.78 is 8.88. The van der Waals surface area contributed by atoms with E-state index >= 15 is 0 Å². The van der Waals surface area contributed by atoms with E-state index < -0.39 is 7.82 Å². The third kappa shape index (κ3) is 4.59. The molecule has 16 heavy (non-hydrogen) atoms. The minimum Gasteiger partial charge on any atom is -0.358 e. The number of hydrogen-bond donors (Lipinski definition) is 4. The van der Waals surface area contributed by atoms with Crippen molar-refractivity contribution in [1.82, 2.24) is 4.98 Å². The maximum atomic E-state index is 8.88. The Kier molecular flexibility index (Phi) is 4.26. The van der Waals surface area contributed by atoms with Gasteiger partial charge in [-0.15, -0.1) is 0 Å². The van der Waals surface area contributed by atoms with Gasteiger partial charge in [0.15, 0.2) is 0 Å². The Hall–Kier alpha value is -1.13. The molecule has 1 heterocycles. The normalized spacial score (nSPS) is 11.0. The predicted octanol–water partition coefficient (Wildman–Crippen LogP) is 1.80. The zero-order chi connectivity index (χ0) is 12.2. The van der Waals surface area contributed by atoms with Gasteiger partial charge < -0.3 is 19.7 Å². The number of aromatic amines is 1. The van der Waals surface area contributed by atoms with Crippen molar-refractivity contribution < 1.29 is 19.2 Å². The standard InChI is InChI=1S/C10H11N.H3O4P/c1-2-9-7-8-5-3-4-6-10(8)11-9;1-5(2,3)4/h3-7,11H,2H2,1H3;(H3,1,2,3,4). The van der Waals surface area contributed by atoms with Crippen molar-refractivity contribution in [2.45, 2.75) is 13.3 Å². The second kappa shape index (κ2) is 5.27. The lowest BCUT2D eigenvalue weighted by Crippen LogP contribution is -1.74. The van der Waals surface area contributed by atoms with E-state index in [9.17, 15) is 0 Å². The van der Waals surface area contributed by atoms with Gasteiger partial charge in [0.1, 0.15) is 0 Å². The lowest BCUT2D eigenvalue weighted by Gasteiger charge is -1.85. The molecule has 1 aromatic heterocycles. The molecular weight excluding hydrogens is 229 g/mol. The largest absolute Gasteiger partial charge is 0.466 e. The summed E-state index contributed by atoms with van der Waals surface area (Å²) in [6, 6.07) is 10.6. The minimum atomic E-state index is -4.64. The Morgan fingerprint density at radius 3 is 2.31 bits per heavy atom. The predicted molar refractivity (Wildman–Crippen MR) is 61.9 cm³/mol. The van der Waals surface area contributed by atoms with Crippen molar-refractivity contribution in [1.29, 1.82) is 0 Å². The number of rotatable bonds is 1. The van der Waals surface area contributed by atoms with Gasteiger partial charge in [-0.1, -0.05) is 25.1 Å². The summed E-state index contributed by atoms with van der Waals surface area (Å²) in [7, 11) is -4.64. The SMILES string of the molecule is CCc1cc2ccccc2[nH]1.O=P(O)(O)O. The molecule has 2 rings (SSSR count). The van der Waals surface area contributed by atoms with Crippen LogP contribution in [0.1, 0.15) is 12.6 Å². The van der Waals surface area contributed by atoms with Crippen LogP contribution in [0.5, 0.6) is 0 Å². The van der Waals surface area contributed by atoms with E-state index in [4.69, 9.17) is 19.2 Å². The molecule has 0 radical (unpaired) electrons. The number of nitrogens with one attached hydrogen (secondary N) is 1. The van der Waals surface area contributed by atoms with E-state index in [0.29, 0.717) is 0 Å². The van der Waals surface area contributed by atoms with Gasteiger partial charge in [-0.2, -0.15) is 0 Å². The zero-order valence-corrected chi connectivity index (χ0v) is 9.69. The number of fused-ring (bicyclic) bond motifs is 1. The van der Waals surface area contributed by atoms with Crippen molar-refractivity contribution in [2.75, 3.05) is 0 Å². The smallest absolute Gasteiger partial charge is 0.358 e. The first-order chi connectivity index (χ1) is 7.40. The Bertz CT molecular complexity index is 461. The molecular formula is C10H14NO4P. The Morgan fingerprint density at radius 1 is 1.25 bits per heavy atom. The number of aromatic nitrogens is 1. The summed E-state index contributed by atoms with van der Waals surface area (Å²) >= 11 is 0. The number of H-pyrrole nitrogens is 1. The molecule has 4 N–H and O–H groups in total. The number of benzene rings is 1. The molecule has 0 amide bonds. The topological polar surface area (TPSA) is 93.6 Å². The fourth-order valence-corrected chi connectivity index (χ4v) is 1.32. The van der Waals surface area contributed by atoms with Gasteiger partial charge in [0.05, 0.1) is 0 Å². The van der Waals surface area contributed by atoms with Crippen LogP contribution in [0.4, 0.5) is 0 Å². The van der Waals surface area contributed by atoms with Gasteiger partial charge in [-0.25, -0.2) is 4.57 Å². The van der Waals surface area contributed by atoms with E-state index in [1.54, 1.807) is 0 Å². The highest BCUT2D eigenvalue weighted by Gasteiger charge is 2.00. The first kappa shape index (κ1) is 12.9. The second-order valence-electron chi connectivity index (χ2n) is 3.25. The summed E-state index contributed by atoms with van der Waals surface area (Å²) in [5.74, 6) is 0. The molecule has 0 atom stereocenters. The first-order valence-electron chi connectivity index (χ1n) is 4.75. The Labute approximate surface area is 93.0 Å². The molecule has 2 aromatic rings. The van der Waals surface area contributed by atoms with Gasteiger partial charge in [0.2, 0.25) is 0 Å². The van der Waals surface area contributed by atoms with Gasteiger partial charge >= 0.3 is 7.82 Å². The van der Waals surface area contributed by atoms with Crippen molar-refractivity contribution in [3.8, 4) is 0 Å². The molecule has 0 spiro atoms. The van der Waals surface area contributed by atoms with Crippen molar-refractivity contribution >= 4 is 18.7 Å². The van der Waals surface area contributed by atoms with Crippen LogP contribution in [0.15, 0.2) is 30.3 Å². The molecule has 0 fully saturated rings. The molecule has 0 aliphatic carbocycles. The number of aryl methyl sites for hydroxylation is 1.